The van der Waals surface area contributed by atoms with E-state index in [-0.39, 0.29) is 5.91 Å². The molecule has 0 fully saturated rings. The summed E-state index contributed by atoms with van der Waals surface area (Å²) in [6, 6.07) is 13.0. The van der Waals surface area contributed by atoms with Crippen LogP contribution in [-0.4, -0.2) is 20.6 Å². The zero-order valence-electron chi connectivity index (χ0n) is 14.2. The van der Waals surface area contributed by atoms with Gasteiger partial charge >= 0.3 is 0 Å². The molecule has 0 spiro atoms. The van der Waals surface area contributed by atoms with Crippen molar-refractivity contribution in [3.8, 4) is 0 Å². The number of carbonyl (C=O) groups is 1. The number of sulfonamides is 1. The highest BCUT2D eigenvalue weighted by Gasteiger charge is 2.11. The lowest BCUT2D eigenvalue weighted by Crippen LogP contribution is -2.15. The molecule has 5 nitrogen and oxygen atoms in total. The molecule has 6 heteroatoms. The number of rotatable bonds is 5. The van der Waals surface area contributed by atoms with Crippen LogP contribution < -0.4 is 10.0 Å². The van der Waals surface area contributed by atoms with Crippen LogP contribution in [0.4, 0.5) is 11.4 Å². The van der Waals surface area contributed by atoms with Crippen molar-refractivity contribution >= 4 is 27.3 Å². The topological polar surface area (TPSA) is 75.3 Å². The van der Waals surface area contributed by atoms with E-state index in [0.29, 0.717) is 17.8 Å². The smallest absolute Gasteiger partial charge is 0.229 e. The van der Waals surface area contributed by atoms with Gasteiger partial charge < -0.3 is 5.32 Å². The van der Waals surface area contributed by atoms with E-state index in [9.17, 15) is 13.2 Å². The Kier molecular flexibility index (Phi) is 5.08. The van der Waals surface area contributed by atoms with Crippen molar-refractivity contribution in [2.75, 3.05) is 16.3 Å². The Balaban J connectivity index is 1.65. The molecule has 0 saturated carbocycles. The van der Waals surface area contributed by atoms with Gasteiger partial charge in [-0.2, -0.15) is 0 Å². The van der Waals surface area contributed by atoms with Gasteiger partial charge in [0.05, 0.1) is 18.4 Å². The normalized spacial score (nSPS) is 13.8. The van der Waals surface area contributed by atoms with Crippen LogP contribution >= 0.6 is 0 Å². The zero-order chi connectivity index (χ0) is 17.9. The molecule has 0 heterocycles. The lowest BCUT2D eigenvalue weighted by Gasteiger charge is -2.16. The Hall–Kier alpha value is -2.34. The van der Waals surface area contributed by atoms with Crippen LogP contribution in [0.1, 0.15) is 29.5 Å². The third kappa shape index (κ3) is 5.06. The molecule has 0 atom stereocenters. The third-order valence-electron chi connectivity index (χ3n) is 4.23. The van der Waals surface area contributed by atoms with Crippen LogP contribution in [0.5, 0.6) is 0 Å². The van der Waals surface area contributed by atoms with E-state index in [4.69, 9.17) is 0 Å². The number of aryl methyl sites for hydroxylation is 2. The second kappa shape index (κ2) is 7.27. The molecule has 0 aromatic heterocycles. The molecule has 3 rings (SSSR count). The van der Waals surface area contributed by atoms with Gasteiger partial charge in [0, 0.05) is 5.69 Å². The van der Waals surface area contributed by atoms with E-state index >= 15 is 0 Å². The molecule has 0 saturated heterocycles. The maximum atomic E-state index is 12.3. The summed E-state index contributed by atoms with van der Waals surface area (Å²) in [5.74, 6) is -0.118. The lowest BCUT2D eigenvalue weighted by molar-refractivity contribution is -0.115. The SMILES string of the molecule is CS(=O)(=O)Nc1cccc(NC(=O)Cc2ccc3c(c2)CCCC3)c1. The number of benzene rings is 2. The number of nitrogens with one attached hydrogen (secondary N) is 2. The van der Waals surface area contributed by atoms with Gasteiger partial charge in [0.1, 0.15) is 0 Å². The average Bonchev–Trinajstić information content (AvgIpc) is 2.53. The van der Waals surface area contributed by atoms with Crippen molar-refractivity contribution in [2.24, 2.45) is 0 Å². The van der Waals surface area contributed by atoms with E-state index in [1.54, 1.807) is 24.3 Å². The standard InChI is InChI=1S/C19H22N2O3S/c1-25(23,24)21-18-8-4-7-17(13-18)20-19(22)12-14-9-10-15-5-2-3-6-16(15)11-14/h4,7-11,13,21H,2-3,5-6,12H2,1H3,(H,20,22). The number of anilines is 2. The van der Waals surface area contributed by atoms with Gasteiger partial charge in [-0.1, -0.05) is 24.3 Å². The largest absolute Gasteiger partial charge is 0.326 e. The molecule has 2 aromatic carbocycles. The van der Waals surface area contributed by atoms with Crippen LogP contribution in [0, 0.1) is 0 Å². The minimum Gasteiger partial charge on any atom is -0.326 e. The van der Waals surface area contributed by atoms with E-state index in [0.717, 1.165) is 24.7 Å². The Morgan fingerprint density at radius 1 is 1.00 bits per heavy atom. The quantitative estimate of drug-likeness (QED) is 0.862. The number of fused-ring (bicyclic) bond motifs is 1. The van der Waals surface area contributed by atoms with Gasteiger partial charge in [-0.25, -0.2) is 8.42 Å². The molecular formula is C19H22N2O3S. The molecule has 1 amide bonds. The molecule has 25 heavy (non-hydrogen) atoms. The molecule has 2 N–H and O–H groups in total. The maximum absolute atomic E-state index is 12.3. The molecule has 0 radical (unpaired) electrons. The second-order valence-corrected chi connectivity index (χ2v) is 8.24. The predicted octanol–water partition coefficient (Wildman–Crippen LogP) is 3.12. The van der Waals surface area contributed by atoms with Crippen molar-refractivity contribution in [1.82, 2.24) is 0 Å². The summed E-state index contributed by atoms with van der Waals surface area (Å²) in [5.41, 5.74) is 4.75. The Labute approximate surface area is 148 Å². The highest BCUT2D eigenvalue weighted by molar-refractivity contribution is 7.92. The van der Waals surface area contributed by atoms with Gasteiger partial charge in [-0.15, -0.1) is 0 Å². The zero-order valence-corrected chi connectivity index (χ0v) is 15.0. The van der Waals surface area contributed by atoms with Gasteiger partial charge in [0.15, 0.2) is 0 Å². The summed E-state index contributed by atoms with van der Waals surface area (Å²) in [7, 11) is -3.34. The van der Waals surface area contributed by atoms with E-state index < -0.39 is 10.0 Å². The highest BCUT2D eigenvalue weighted by atomic mass is 32.2. The summed E-state index contributed by atoms with van der Waals surface area (Å²) in [4.78, 5) is 12.3. The van der Waals surface area contributed by atoms with Crippen molar-refractivity contribution in [3.05, 3.63) is 59.2 Å². The molecule has 0 bridgehead atoms. The van der Waals surface area contributed by atoms with Crippen molar-refractivity contribution in [3.63, 3.8) is 0 Å². The van der Waals surface area contributed by atoms with E-state index in [2.05, 4.69) is 22.2 Å². The fourth-order valence-electron chi connectivity index (χ4n) is 3.16. The average molecular weight is 358 g/mol. The van der Waals surface area contributed by atoms with Crippen molar-refractivity contribution < 1.29 is 13.2 Å². The number of hydrogen-bond donors (Lipinski definition) is 2. The molecule has 1 aliphatic rings. The first kappa shape index (κ1) is 17.5. The fourth-order valence-corrected chi connectivity index (χ4v) is 3.72. The first-order valence-corrected chi connectivity index (χ1v) is 10.3. The predicted molar refractivity (Wildman–Crippen MR) is 100 cm³/mol. The summed E-state index contributed by atoms with van der Waals surface area (Å²) < 4.78 is 25.0. The molecule has 1 aliphatic carbocycles. The molecule has 132 valence electrons. The number of amides is 1. The minimum absolute atomic E-state index is 0.118. The monoisotopic (exact) mass is 358 g/mol. The lowest BCUT2D eigenvalue weighted by atomic mass is 9.90. The minimum atomic E-state index is -3.34. The fraction of sp³-hybridized carbons (Fsp3) is 0.316. The molecule has 2 aromatic rings. The first-order valence-electron chi connectivity index (χ1n) is 8.37. The molecular weight excluding hydrogens is 336 g/mol. The summed E-state index contributed by atoms with van der Waals surface area (Å²) >= 11 is 0. The van der Waals surface area contributed by atoms with Gasteiger partial charge in [-0.3, -0.25) is 9.52 Å². The van der Waals surface area contributed by atoms with Gasteiger partial charge in [0.25, 0.3) is 0 Å². The number of hydrogen-bond acceptors (Lipinski definition) is 3. The van der Waals surface area contributed by atoms with Crippen molar-refractivity contribution in [2.45, 2.75) is 32.1 Å². The van der Waals surface area contributed by atoms with Crippen LogP contribution in [0.25, 0.3) is 0 Å². The second-order valence-electron chi connectivity index (χ2n) is 6.49. The van der Waals surface area contributed by atoms with Crippen LogP contribution in [0.3, 0.4) is 0 Å². The molecule has 0 aliphatic heterocycles. The summed E-state index contributed by atoms with van der Waals surface area (Å²) in [5, 5.41) is 2.82. The Morgan fingerprint density at radius 3 is 2.48 bits per heavy atom. The van der Waals surface area contributed by atoms with E-state index in [1.165, 1.54) is 24.0 Å². The van der Waals surface area contributed by atoms with Crippen molar-refractivity contribution in [1.29, 1.82) is 0 Å². The van der Waals surface area contributed by atoms with Crippen LogP contribution in [-0.2, 0) is 34.1 Å². The Morgan fingerprint density at radius 2 is 1.72 bits per heavy atom. The first-order chi connectivity index (χ1) is 11.9. The Bertz CT molecular complexity index is 891. The number of carbonyl (C=O) groups excluding carboxylic acids is 1. The van der Waals surface area contributed by atoms with Gasteiger partial charge in [0.2, 0.25) is 15.9 Å². The summed E-state index contributed by atoms with van der Waals surface area (Å²) in [6.45, 7) is 0. The van der Waals surface area contributed by atoms with E-state index in [1.807, 2.05) is 6.07 Å². The highest BCUT2D eigenvalue weighted by Crippen LogP contribution is 2.23. The maximum Gasteiger partial charge on any atom is 0.229 e. The third-order valence-corrected chi connectivity index (χ3v) is 4.83. The van der Waals surface area contributed by atoms with Crippen LogP contribution in [0.15, 0.2) is 42.5 Å². The molecule has 0 unspecified atom stereocenters. The van der Waals surface area contributed by atoms with Crippen LogP contribution in [0.2, 0.25) is 0 Å². The summed E-state index contributed by atoms with van der Waals surface area (Å²) in [6.07, 6.45) is 6.06. The van der Waals surface area contributed by atoms with Gasteiger partial charge in [-0.05, 0) is 60.6 Å².